The molecule has 0 fully saturated rings. The van der Waals surface area contributed by atoms with Crippen molar-refractivity contribution in [3.05, 3.63) is 33.4 Å². The molecule has 1 aromatic carbocycles. The second-order valence-corrected chi connectivity index (χ2v) is 14.4. The van der Waals surface area contributed by atoms with E-state index in [0.717, 1.165) is 12.3 Å². The van der Waals surface area contributed by atoms with Gasteiger partial charge in [0.1, 0.15) is 0 Å². The average molecular weight is 571 g/mol. The Balaban J connectivity index is 3.25. The molecule has 0 bridgehead atoms. The van der Waals surface area contributed by atoms with Crippen molar-refractivity contribution >= 4 is 39.7 Å². The van der Waals surface area contributed by atoms with Crippen LogP contribution in [0.2, 0.25) is 0 Å². The number of methoxy groups -OCH3 is 4. The molecule has 0 aliphatic heterocycles. The van der Waals surface area contributed by atoms with E-state index in [1.807, 2.05) is 0 Å². The van der Waals surface area contributed by atoms with Crippen LogP contribution >= 0.6 is 15.8 Å². The molecule has 1 rings (SSSR count). The first kappa shape index (κ1) is 34.0. The molecule has 0 aromatic heterocycles. The first-order chi connectivity index (χ1) is 18.0. The number of hydrogen-bond donors (Lipinski definition) is 0. The van der Waals surface area contributed by atoms with Crippen molar-refractivity contribution in [3.8, 4) is 0 Å². The van der Waals surface area contributed by atoms with Gasteiger partial charge in [-0.05, 0) is 98.0 Å². The number of hydrogen-bond acceptors (Lipinski definition) is 8. The molecule has 0 radical (unpaired) electrons. The molecular formula is C28H44O8P2. The first-order valence-electron chi connectivity index (χ1n) is 12.8. The van der Waals surface area contributed by atoms with Crippen LogP contribution in [0.4, 0.5) is 0 Å². The molecule has 0 unspecified atom stereocenters. The van der Waals surface area contributed by atoms with Gasteiger partial charge in [-0.25, -0.2) is 0 Å². The van der Waals surface area contributed by atoms with E-state index >= 15 is 0 Å². The highest BCUT2D eigenvalue weighted by molar-refractivity contribution is 7.57. The number of carbonyl (C=O) groups is 4. The Morgan fingerprint density at radius 1 is 0.474 bits per heavy atom. The Morgan fingerprint density at radius 3 is 0.868 bits per heavy atom. The Labute approximate surface area is 230 Å². The summed E-state index contributed by atoms with van der Waals surface area (Å²) in [7, 11) is 4.32. The second kappa shape index (κ2) is 17.5. The third kappa shape index (κ3) is 11.0. The van der Waals surface area contributed by atoms with Gasteiger partial charge in [0.05, 0.1) is 28.4 Å². The molecule has 8 nitrogen and oxygen atoms in total. The summed E-state index contributed by atoms with van der Waals surface area (Å²) in [4.78, 5) is 47.3. The lowest BCUT2D eigenvalue weighted by molar-refractivity contribution is -0.141. The van der Waals surface area contributed by atoms with Crippen LogP contribution in [0.15, 0.2) is 0 Å². The fourth-order valence-electron chi connectivity index (χ4n) is 4.34. The molecular weight excluding hydrogens is 526 g/mol. The fraction of sp³-hybridized carbons (Fsp3) is 0.643. The van der Waals surface area contributed by atoms with E-state index in [4.69, 9.17) is 18.9 Å². The number of esters is 4. The highest BCUT2D eigenvalue weighted by Crippen LogP contribution is 2.47. The Morgan fingerprint density at radius 2 is 0.684 bits per heavy atom. The van der Waals surface area contributed by atoms with E-state index in [0.29, 0.717) is 50.3 Å². The Bertz CT molecular complexity index is 830. The van der Waals surface area contributed by atoms with Crippen molar-refractivity contribution in [2.75, 3.05) is 53.1 Å². The molecule has 0 atom stereocenters. The van der Waals surface area contributed by atoms with Gasteiger partial charge in [0.2, 0.25) is 0 Å². The lowest BCUT2D eigenvalue weighted by Crippen LogP contribution is -2.11. The van der Waals surface area contributed by atoms with E-state index in [-0.39, 0.29) is 23.9 Å². The summed E-state index contributed by atoms with van der Waals surface area (Å²) in [6, 6.07) is 0. The van der Waals surface area contributed by atoms with E-state index in [1.54, 1.807) is 0 Å². The third-order valence-electron chi connectivity index (χ3n) is 7.14. The van der Waals surface area contributed by atoms with Crippen molar-refractivity contribution in [3.63, 3.8) is 0 Å². The number of carbonyl (C=O) groups excluding carboxylic acids is 4. The first-order valence-corrected chi connectivity index (χ1v) is 16.6. The maximum atomic E-state index is 11.8. The topological polar surface area (TPSA) is 105 Å². The zero-order valence-corrected chi connectivity index (χ0v) is 26.0. The fourth-order valence-corrected chi connectivity index (χ4v) is 9.25. The van der Waals surface area contributed by atoms with Crippen LogP contribution in [-0.2, 0) is 50.4 Å². The van der Waals surface area contributed by atoms with Gasteiger partial charge in [-0.1, -0.05) is 0 Å². The molecule has 0 saturated heterocycles. The minimum Gasteiger partial charge on any atom is -0.469 e. The van der Waals surface area contributed by atoms with Crippen molar-refractivity contribution in [2.45, 2.75) is 65.7 Å². The molecule has 10 heteroatoms. The quantitative estimate of drug-likeness (QED) is 0.153. The maximum Gasteiger partial charge on any atom is 0.305 e. The summed E-state index contributed by atoms with van der Waals surface area (Å²) >= 11 is 0. The average Bonchev–Trinajstić information content (AvgIpc) is 2.93. The molecule has 38 heavy (non-hydrogen) atoms. The second-order valence-electron chi connectivity index (χ2n) is 9.31. The van der Waals surface area contributed by atoms with Crippen LogP contribution in [0.25, 0.3) is 0 Å². The van der Waals surface area contributed by atoms with Crippen LogP contribution < -0.4 is 0 Å². The normalized spacial score (nSPS) is 11.0. The standard InChI is InChI=1S/C28H44O8P2/c1-19-20(2)24(18-38(15-11-27(31)35-7)16-12-28(32)36-8)22(4)21(3)23(19)17-37(13-9-25(29)33-5)14-10-26(30)34-6/h9-18H2,1-8H3. The lowest BCUT2D eigenvalue weighted by Gasteiger charge is -2.26. The van der Waals surface area contributed by atoms with Crippen LogP contribution in [0.3, 0.4) is 0 Å². The van der Waals surface area contributed by atoms with Crippen LogP contribution in [0, 0.1) is 27.7 Å². The SMILES string of the molecule is COC(=O)CCP(CCC(=O)OC)Cc1c(C)c(C)c(CP(CCC(=O)OC)CCC(=O)OC)c(C)c1C. The molecule has 0 N–H and O–H groups in total. The summed E-state index contributed by atoms with van der Waals surface area (Å²) in [6.45, 7) is 8.56. The van der Waals surface area contributed by atoms with Gasteiger partial charge in [-0.2, -0.15) is 0 Å². The van der Waals surface area contributed by atoms with Gasteiger partial charge in [0.25, 0.3) is 0 Å². The number of benzene rings is 1. The predicted octanol–water partition coefficient (Wildman–Crippen LogP) is 5.14. The summed E-state index contributed by atoms with van der Waals surface area (Å²) in [6.07, 6.45) is 5.78. The maximum absolute atomic E-state index is 11.8. The molecule has 0 heterocycles. The monoisotopic (exact) mass is 570 g/mol. The van der Waals surface area contributed by atoms with E-state index in [1.165, 1.54) is 61.8 Å². The zero-order chi connectivity index (χ0) is 28.8. The van der Waals surface area contributed by atoms with Gasteiger partial charge >= 0.3 is 23.9 Å². The molecule has 0 aliphatic carbocycles. The van der Waals surface area contributed by atoms with Crippen molar-refractivity contribution in [2.24, 2.45) is 0 Å². The summed E-state index contributed by atoms with van der Waals surface area (Å²) in [5.74, 6) is -0.948. The minimum atomic E-state index is -0.627. The zero-order valence-electron chi connectivity index (χ0n) is 24.2. The van der Waals surface area contributed by atoms with Gasteiger partial charge < -0.3 is 18.9 Å². The molecule has 0 saturated carbocycles. The highest BCUT2D eigenvalue weighted by Gasteiger charge is 2.22. The minimum absolute atomic E-state index is 0.237. The van der Waals surface area contributed by atoms with Crippen LogP contribution in [0.5, 0.6) is 0 Å². The van der Waals surface area contributed by atoms with Crippen molar-refractivity contribution in [1.29, 1.82) is 0 Å². The number of ether oxygens (including phenoxy) is 4. The molecule has 214 valence electrons. The predicted molar refractivity (Wildman–Crippen MR) is 153 cm³/mol. The van der Waals surface area contributed by atoms with Crippen molar-refractivity contribution < 1.29 is 38.1 Å². The van der Waals surface area contributed by atoms with Crippen LogP contribution in [-0.4, -0.2) is 77.0 Å². The van der Waals surface area contributed by atoms with E-state index < -0.39 is 15.8 Å². The number of rotatable bonds is 16. The summed E-state index contributed by atoms with van der Waals surface area (Å²) in [5.41, 5.74) is 7.45. The van der Waals surface area contributed by atoms with Crippen molar-refractivity contribution in [1.82, 2.24) is 0 Å². The third-order valence-corrected chi connectivity index (χ3v) is 12.1. The highest BCUT2D eigenvalue weighted by atomic mass is 31.1. The Hall–Kier alpha value is -2.04. The van der Waals surface area contributed by atoms with E-state index in [9.17, 15) is 19.2 Å². The summed E-state index contributed by atoms with van der Waals surface area (Å²) in [5, 5.41) is 0. The van der Waals surface area contributed by atoms with Gasteiger partial charge in [-0.15, -0.1) is 15.8 Å². The van der Waals surface area contributed by atoms with Gasteiger partial charge in [-0.3, -0.25) is 19.2 Å². The van der Waals surface area contributed by atoms with Gasteiger partial charge in [0, 0.05) is 25.7 Å². The lowest BCUT2D eigenvalue weighted by atomic mass is 9.90. The van der Waals surface area contributed by atoms with Gasteiger partial charge in [0.15, 0.2) is 0 Å². The van der Waals surface area contributed by atoms with Crippen LogP contribution in [0.1, 0.15) is 59.1 Å². The molecule has 0 spiro atoms. The molecule has 0 amide bonds. The smallest absolute Gasteiger partial charge is 0.305 e. The van der Waals surface area contributed by atoms with E-state index in [2.05, 4.69) is 27.7 Å². The largest absolute Gasteiger partial charge is 0.469 e. The molecule has 1 aromatic rings. The Kier molecular flexibility index (Phi) is 15.7. The summed E-state index contributed by atoms with van der Waals surface area (Å²) < 4.78 is 19.4. The molecule has 0 aliphatic rings.